The monoisotopic (exact) mass is 348 g/mol. The Hall–Kier alpha value is -2.08. The van der Waals surface area contributed by atoms with Gasteiger partial charge in [0.15, 0.2) is 0 Å². The summed E-state index contributed by atoms with van der Waals surface area (Å²) in [4.78, 5) is 25.9. The molecule has 25 heavy (non-hydrogen) atoms. The molecule has 1 fully saturated rings. The predicted molar refractivity (Wildman–Crippen MR) is 96.8 cm³/mol. The van der Waals surface area contributed by atoms with E-state index in [2.05, 4.69) is 5.32 Å². The summed E-state index contributed by atoms with van der Waals surface area (Å²) >= 11 is 0. The smallest absolute Gasteiger partial charge is 0.224 e. The van der Waals surface area contributed by atoms with Crippen molar-refractivity contribution in [3.05, 3.63) is 24.3 Å². The van der Waals surface area contributed by atoms with E-state index in [0.717, 1.165) is 18.5 Å². The molecule has 0 spiro atoms. The van der Waals surface area contributed by atoms with Gasteiger partial charge in [0, 0.05) is 39.1 Å². The molecular formula is C19H28N2O4. The van der Waals surface area contributed by atoms with E-state index in [0.29, 0.717) is 32.1 Å². The van der Waals surface area contributed by atoms with E-state index < -0.39 is 0 Å². The van der Waals surface area contributed by atoms with Crippen molar-refractivity contribution in [1.29, 1.82) is 0 Å². The number of nitrogens with one attached hydrogen (secondary N) is 1. The number of para-hydroxylation sites is 2. The maximum atomic E-state index is 12.2. The van der Waals surface area contributed by atoms with E-state index >= 15 is 0 Å². The molecule has 0 radical (unpaired) electrons. The van der Waals surface area contributed by atoms with Gasteiger partial charge in [0.1, 0.15) is 5.75 Å². The van der Waals surface area contributed by atoms with Crippen LogP contribution in [-0.4, -0.2) is 44.2 Å². The minimum absolute atomic E-state index is 0.0103. The van der Waals surface area contributed by atoms with Gasteiger partial charge in [-0.2, -0.15) is 0 Å². The summed E-state index contributed by atoms with van der Waals surface area (Å²) in [6.45, 7) is 7.50. The second-order valence-corrected chi connectivity index (χ2v) is 6.48. The SMILES string of the molecule is CC(=O)N(CCNC(=O)C1CCOCC1)c1ccccc1OC(C)C. The van der Waals surface area contributed by atoms with E-state index in [1.807, 2.05) is 38.1 Å². The van der Waals surface area contributed by atoms with Gasteiger partial charge in [0.05, 0.1) is 11.8 Å². The zero-order chi connectivity index (χ0) is 18.2. The summed E-state index contributed by atoms with van der Waals surface area (Å²) in [5.41, 5.74) is 0.726. The van der Waals surface area contributed by atoms with E-state index in [-0.39, 0.29) is 23.8 Å². The Labute approximate surface area is 149 Å². The highest BCUT2D eigenvalue weighted by Gasteiger charge is 2.22. The highest BCUT2D eigenvalue weighted by atomic mass is 16.5. The number of benzene rings is 1. The molecule has 1 heterocycles. The van der Waals surface area contributed by atoms with Crippen LogP contribution in [0.3, 0.4) is 0 Å². The van der Waals surface area contributed by atoms with Crippen molar-refractivity contribution in [3.8, 4) is 5.75 Å². The van der Waals surface area contributed by atoms with Crippen molar-refractivity contribution in [3.63, 3.8) is 0 Å². The Morgan fingerprint density at radius 3 is 2.60 bits per heavy atom. The highest BCUT2D eigenvalue weighted by molar-refractivity contribution is 5.93. The van der Waals surface area contributed by atoms with Gasteiger partial charge in [-0.05, 0) is 38.8 Å². The Balaban J connectivity index is 1.97. The van der Waals surface area contributed by atoms with Crippen molar-refractivity contribution in [2.75, 3.05) is 31.2 Å². The first-order valence-electron chi connectivity index (χ1n) is 8.88. The predicted octanol–water partition coefficient (Wildman–Crippen LogP) is 2.37. The summed E-state index contributed by atoms with van der Waals surface area (Å²) in [5.74, 6) is 0.637. The fraction of sp³-hybridized carbons (Fsp3) is 0.579. The van der Waals surface area contributed by atoms with Crippen molar-refractivity contribution in [2.45, 2.75) is 39.7 Å². The van der Waals surface area contributed by atoms with Gasteiger partial charge in [0.25, 0.3) is 0 Å². The Kier molecular flexibility index (Phi) is 7.25. The molecule has 2 amide bonds. The third kappa shape index (κ3) is 5.74. The standard InChI is InChI=1S/C19H28N2O4/c1-14(2)25-18-7-5-4-6-17(18)21(15(3)22)11-10-20-19(23)16-8-12-24-13-9-16/h4-7,14,16H,8-13H2,1-3H3,(H,20,23). The maximum Gasteiger partial charge on any atom is 0.224 e. The van der Waals surface area contributed by atoms with Crippen LogP contribution < -0.4 is 15.0 Å². The largest absolute Gasteiger partial charge is 0.489 e. The van der Waals surface area contributed by atoms with E-state index in [1.54, 1.807) is 4.90 Å². The summed E-state index contributed by atoms with van der Waals surface area (Å²) in [6, 6.07) is 7.47. The van der Waals surface area contributed by atoms with E-state index in [4.69, 9.17) is 9.47 Å². The summed E-state index contributed by atoms with van der Waals surface area (Å²) < 4.78 is 11.1. The zero-order valence-electron chi connectivity index (χ0n) is 15.3. The average molecular weight is 348 g/mol. The van der Waals surface area contributed by atoms with Crippen LogP contribution >= 0.6 is 0 Å². The van der Waals surface area contributed by atoms with Crippen LogP contribution in [0.2, 0.25) is 0 Å². The molecule has 0 aromatic heterocycles. The molecule has 0 bridgehead atoms. The fourth-order valence-corrected chi connectivity index (χ4v) is 2.88. The number of nitrogens with zero attached hydrogens (tertiary/aromatic N) is 1. The lowest BCUT2D eigenvalue weighted by Gasteiger charge is -2.26. The molecule has 6 nitrogen and oxygen atoms in total. The number of rotatable bonds is 7. The molecular weight excluding hydrogens is 320 g/mol. The average Bonchev–Trinajstić information content (AvgIpc) is 2.59. The van der Waals surface area contributed by atoms with Crippen LogP contribution in [0.15, 0.2) is 24.3 Å². The van der Waals surface area contributed by atoms with Crippen molar-refractivity contribution >= 4 is 17.5 Å². The third-order valence-electron chi connectivity index (χ3n) is 4.13. The van der Waals surface area contributed by atoms with Crippen LogP contribution in [0, 0.1) is 5.92 Å². The molecule has 138 valence electrons. The first kappa shape index (κ1) is 19.2. The van der Waals surface area contributed by atoms with Crippen LogP contribution in [-0.2, 0) is 14.3 Å². The maximum absolute atomic E-state index is 12.2. The molecule has 1 aliphatic rings. The van der Waals surface area contributed by atoms with E-state index in [9.17, 15) is 9.59 Å². The zero-order valence-corrected chi connectivity index (χ0v) is 15.3. The van der Waals surface area contributed by atoms with Gasteiger partial charge < -0.3 is 19.7 Å². The molecule has 6 heteroatoms. The summed E-state index contributed by atoms with van der Waals surface area (Å²) in [7, 11) is 0. The third-order valence-corrected chi connectivity index (χ3v) is 4.13. The number of carbonyl (C=O) groups excluding carboxylic acids is 2. The minimum atomic E-state index is -0.0832. The van der Waals surface area contributed by atoms with E-state index in [1.165, 1.54) is 6.92 Å². The molecule has 2 rings (SSSR count). The fourth-order valence-electron chi connectivity index (χ4n) is 2.88. The van der Waals surface area contributed by atoms with Gasteiger partial charge in [-0.15, -0.1) is 0 Å². The topological polar surface area (TPSA) is 67.9 Å². The van der Waals surface area contributed by atoms with Crippen LogP contribution in [0.4, 0.5) is 5.69 Å². The lowest BCUT2D eigenvalue weighted by molar-refractivity contribution is -0.127. The first-order chi connectivity index (χ1) is 12.0. The van der Waals surface area contributed by atoms with Gasteiger partial charge in [-0.3, -0.25) is 9.59 Å². The van der Waals surface area contributed by atoms with Gasteiger partial charge >= 0.3 is 0 Å². The van der Waals surface area contributed by atoms with Crippen LogP contribution in [0.5, 0.6) is 5.75 Å². The lowest BCUT2D eigenvalue weighted by atomic mass is 9.99. The second kappa shape index (κ2) is 9.42. The summed E-state index contributed by atoms with van der Waals surface area (Å²) in [6.07, 6.45) is 1.53. The molecule has 0 aliphatic carbocycles. The Morgan fingerprint density at radius 2 is 1.96 bits per heavy atom. The normalized spacial score (nSPS) is 15.0. The molecule has 0 unspecified atom stereocenters. The van der Waals surface area contributed by atoms with Crippen molar-refractivity contribution < 1.29 is 19.1 Å². The number of hydrogen-bond donors (Lipinski definition) is 1. The summed E-state index contributed by atoms with van der Waals surface area (Å²) in [5, 5.41) is 2.94. The van der Waals surface area contributed by atoms with Crippen LogP contribution in [0.1, 0.15) is 33.6 Å². The molecule has 0 atom stereocenters. The molecule has 1 aliphatic heterocycles. The Morgan fingerprint density at radius 1 is 1.28 bits per heavy atom. The molecule has 1 aromatic carbocycles. The van der Waals surface area contributed by atoms with Crippen molar-refractivity contribution in [1.82, 2.24) is 5.32 Å². The number of hydrogen-bond acceptors (Lipinski definition) is 4. The first-order valence-corrected chi connectivity index (χ1v) is 8.88. The number of anilines is 1. The molecule has 0 saturated carbocycles. The van der Waals surface area contributed by atoms with Gasteiger partial charge in [-0.1, -0.05) is 12.1 Å². The number of amides is 2. The van der Waals surface area contributed by atoms with Gasteiger partial charge in [-0.25, -0.2) is 0 Å². The van der Waals surface area contributed by atoms with Crippen LogP contribution in [0.25, 0.3) is 0 Å². The molecule has 1 saturated heterocycles. The lowest BCUT2D eigenvalue weighted by Crippen LogP contribution is -2.40. The molecule has 1 N–H and O–H groups in total. The quantitative estimate of drug-likeness (QED) is 0.821. The Bertz CT molecular complexity index is 583. The highest BCUT2D eigenvalue weighted by Crippen LogP contribution is 2.28. The number of carbonyl (C=O) groups is 2. The molecule has 1 aromatic rings. The number of ether oxygens (including phenoxy) is 2. The second-order valence-electron chi connectivity index (χ2n) is 6.48. The minimum Gasteiger partial charge on any atom is -0.489 e. The van der Waals surface area contributed by atoms with Crippen molar-refractivity contribution in [2.24, 2.45) is 5.92 Å². The van der Waals surface area contributed by atoms with Gasteiger partial charge in [0.2, 0.25) is 11.8 Å².